The minimum Gasteiger partial charge on any atom is -0.294 e. The molecular formula is C15H18O. The molecular weight excluding hydrogens is 196 g/mol. The molecule has 0 radical (unpaired) electrons. The van der Waals surface area contributed by atoms with E-state index in [0.29, 0.717) is 6.42 Å². The fourth-order valence-electron chi connectivity index (χ4n) is 1.66. The van der Waals surface area contributed by atoms with Gasteiger partial charge in [-0.3, -0.25) is 4.79 Å². The van der Waals surface area contributed by atoms with Gasteiger partial charge in [0.15, 0.2) is 5.78 Å². The lowest BCUT2D eigenvalue weighted by atomic mass is 10.0. The lowest BCUT2D eigenvalue weighted by Gasteiger charge is -2.03. The first kappa shape index (κ1) is 12.4. The summed E-state index contributed by atoms with van der Waals surface area (Å²) < 4.78 is 0. The summed E-state index contributed by atoms with van der Waals surface area (Å²) in [5, 5.41) is 2.19. The Balaban J connectivity index is 0.000000606. The molecule has 16 heavy (non-hydrogen) atoms. The number of hydrogen-bond acceptors (Lipinski definition) is 1. The topological polar surface area (TPSA) is 17.1 Å². The summed E-state index contributed by atoms with van der Waals surface area (Å²) in [5.41, 5.74) is 0.839. The minimum atomic E-state index is 0.210. The molecule has 0 bridgehead atoms. The van der Waals surface area contributed by atoms with Crippen LogP contribution in [0.1, 0.15) is 37.6 Å². The van der Waals surface area contributed by atoms with Gasteiger partial charge in [-0.05, 0) is 10.8 Å². The lowest BCUT2D eigenvalue weighted by molar-refractivity contribution is 0.0990. The number of ketones is 1. The van der Waals surface area contributed by atoms with E-state index in [1.54, 1.807) is 0 Å². The zero-order chi connectivity index (χ0) is 12.0. The number of carbonyl (C=O) groups excluding carboxylic acids is 1. The highest BCUT2D eigenvalue weighted by Crippen LogP contribution is 2.19. The summed E-state index contributed by atoms with van der Waals surface area (Å²) in [6.45, 7) is 5.89. The first-order valence-electron chi connectivity index (χ1n) is 5.84. The Hall–Kier alpha value is -1.63. The summed E-state index contributed by atoms with van der Waals surface area (Å²) in [4.78, 5) is 11.6. The van der Waals surface area contributed by atoms with Crippen LogP contribution in [-0.4, -0.2) is 5.78 Å². The molecule has 2 aromatic carbocycles. The second-order valence-electron chi connectivity index (χ2n) is 3.30. The molecule has 84 valence electrons. The van der Waals surface area contributed by atoms with Crippen molar-refractivity contribution in [2.45, 2.75) is 27.2 Å². The van der Waals surface area contributed by atoms with E-state index >= 15 is 0 Å². The van der Waals surface area contributed by atoms with Gasteiger partial charge in [-0.25, -0.2) is 0 Å². The summed E-state index contributed by atoms with van der Waals surface area (Å²) in [5.74, 6) is 0.210. The Morgan fingerprint density at radius 3 is 2.31 bits per heavy atom. The smallest absolute Gasteiger partial charge is 0.163 e. The first-order chi connectivity index (χ1) is 7.83. The number of hydrogen-bond donors (Lipinski definition) is 0. The van der Waals surface area contributed by atoms with Crippen LogP contribution < -0.4 is 0 Å². The maximum absolute atomic E-state index is 11.6. The Morgan fingerprint density at radius 2 is 1.62 bits per heavy atom. The highest BCUT2D eigenvalue weighted by atomic mass is 16.1. The predicted octanol–water partition coefficient (Wildman–Crippen LogP) is 4.46. The molecule has 0 saturated heterocycles. The van der Waals surface area contributed by atoms with Gasteiger partial charge in [0.1, 0.15) is 0 Å². The second kappa shape index (κ2) is 6.06. The summed E-state index contributed by atoms with van der Waals surface area (Å²) in [7, 11) is 0. The number of fused-ring (bicyclic) bond motifs is 1. The monoisotopic (exact) mass is 214 g/mol. The van der Waals surface area contributed by atoms with Crippen molar-refractivity contribution in [2.75, 3.05) is 0 Å². The molecule has 0 saturated carbocycles. The predicted molar refractivity (Wildman–Crippen MR) is 69.9 cm³/mol. The maximum Gasteiger partial charge on any atom is 0.163 e. The van der Waals surface area contributed by atoms with Crippen LogP contribution in [0, 0.1) is 0 Å². The van der Waals surface area contributed by atoms with Crippen LogP contribution in [-0.2, 0) is 0 Å². The van der Waals surface area contributed by atoms with Crippen molar-refractivity contribution in [3.8, 4) is 0 Å². The van der Waals surface area contributed by atoms with Gasteiger partial charge >= 0.3 is 0 Å². The van der Waals surface area contributed by atoms with Crippen LogP contribution in [0.15, 0.2) is 42.5 Å². The van der Waals surface area contributed by atoms with Crippen molar-refractivity contribution in [1.82, 2.24) is 0 Å². The summed E-state index contributed by atoms with van der Waals surface area (Å²) >= 11 is 0. The summed E-state index contributed by atoms with van der Waals surface area (Å²) in [6.07, 6.45) is 0.563. The normalized spacial score (nSPS) is 9.44. The molecule has 0 heterocycles. The largest absolute Gasteiger partial charge is 0.294 e. The first-order valence-corrected chi connectivity index (χ1v) is 5.84. The van der Waals surface area contributed by atoms with Gasteiger partial charge < -0.3 is 0 Å². The van der Waals surface area contributed by atoms with E-state index < -0.39 is 0 Å². The molecule has 0 atom stereocenters. The molecule has 0 fully saturated rings. The molecule has 0 spiro atoms. The molecule has 0 aliphatic carbocycles. The van der Waals surface area contributed by atoms with Crippen LogP contribution in [0.3, 0.4) is 0 Å². The SMILES string of the molecule is CC.CCC(=O)c1cccc2ccccc12. The van der Waals surface area contributed by atoms with E-state index in [2.05, 4.69) is 0 Å². The zero-order valence-electron chi connectivity index (χ0n) is 10.2. The number of rotatable bonds is 2. The van der Waals surface area contributed by atoms with Crippen molar-refractivity contribution in [2.24, 2.45) is 0 Å². The van der Waals surface area contributed by atoms with E-state index in [9.17, 15) is 4.79 Å². The van der Waals surface area contributed by atoms with Crippen LogP contribution in [0.25, 0.3) is 10.8 Å². The Morgan fingerprint density at radius 1 is 1.00 bits per heavy atom. The van der Waals surface area contributed by atoms with Crippen LogP contribution >= 0.6 is 0 Å². The fraction of sp³-hybridized carbons (Fsp3) is 0.267. The zero-order valence-corrected chi connectivity index (χ0v) is 10.2. The van der Waals surface area contributed by atoms with Crippen molar-refractivity contribution in [1.29, 1.82) is 0 Å². The molecule has 0 aliphatic rings. The molecule has 1 heteroatoms. The lowest BCUT2D eigenvalue weighted by Crippen LogP contribution is -1.96. The molecule has 1 nitrogen and oxygen atoms in total. The van der Waals surface area contributed by atoms with Gasteiger partial charge in [0.25, 0.3) is 0 Å². The highest BCUT2D eigenvalue weighted by Gasteiger charge is 2.06. The van der Waals surface area contributed by atoms with Gasteiger partial charge in [-0.2, -0.15) is 0 Å². The van der Waals surface area contributed by atoms with Gasteiger partial charge in [-0.15, -0.1) is 0 Å². The van der Waals surface area contributed by atoms with Gasteiger partial charge in [-0.1, -0.05) is 63.2 Å². The van der Waals surface area contributed by atoms with E-state index in [1.807, 2.05) is 63.2 Å². The molecule has 0 N–H and O–H groups in total. The number of carbonyl (C=O) groups is 1. The van der Waals surface area contributed by atoms with Crippen LogP contribution in [0.4, 0.5) is 0 Å². The maximum atomic E-state index is 11.6. The number of benzene rings is 2. The van der Waals surface area contributed by atoms with E-state index in [0.717, 1.165) is 16.3 Å². The Kier molecular flexibility index (Phi) is 4.71. The van der Waals surface area contributed by atoms with Crippen LogP contribution in [0.5, 0.6) is 0 Å². The average molecular weight is 214 g/mol. The third-order valence-corrected chi connectivity index (χ3v) is 2.41. The second-order valence-corrected chi connectivity index (χ2v) is 3.30. The van der Waals surface area contributed by atoms with E-state index in [4.69, 9.17) is 0 Å². The number of Topliss-reactive ketones (excluding diaryl/α,β-unsaturated/α-hetero) is 1. The highest BCUT2D eigenvalue weighted by molar-refractivity contribution is 6.07. The van der Waals surface area contributed by atoms with Crippen molar-refractivity contribution in [3.05, 3.63) is 48.0 Å². The minimum absolute atomic E-state index is 0.210. The van der Waals surface area contributed by atoms with Crippen molar-refractivity contribution >= 4 is 16.6 Å². The van der Waals surface area contributed by atoms with E-state index in [-0.39, 0.29) is 5.78 Å². The quantitative estimate of drug-likeness (QED) is 0.674. The fourth-order valence-corrected chi connectivity index (χ4v) is 1.66. The van der Waals surface area contributed by atoms with Gasteiger partial charge in [0.05, 0.1) is 0 Å². The summed E-state index contributed by atoms with van der Waals surface area (Å²) in [6, 6.07) is 13.8. The van der Waals surface area contributed by atoms with Crippen LogP contribution in [0.2, 0.25) is 0 Å². The van der Waals surface area contributed by atoms with Gasteiger partial charge in [0.2, 0.25) is 0 Å². The molecule has 0 unspecified atom stereocenters. The third-order valence-electron chi connectivity index (χ3n) is 2.41. The molecule has 0 amide bonds. The third kappa shape index (κ3) is 2.48. The average Bonchev–Trinajstić information content (AvgIpc) is 2.39. The standard InChI is InChI=1S/C13H12O.C2H6/c1-2-13(14)12-9-5-7-10-6-3-4-8-11(10)12;1-2/h3-9H,2H2,1H3;1-2H3. The molecule has 2 rings (SSSR count). The Labute approximate surface area is 97.1 Å². The van der Waals surface area contributed by atoms with E-state index in [1.165, 1.54) is 0 Å². The molecule has 0 aromatic heterocycles. The van der Waals surface area contributed by atoms with Gasteiger partial charge in [0, 0.05) is 12.0 Å². The van der Waals surface area contributed by atoms with Crippen molar-refractivity contribution in [3.63, 3.8) is 0 Å². The Bertz CT molecular complexity index is 466. The van der Waals surface area contributed by atoms with Crippen molar-refractivity contribution < 1.29 is 4.79 Å². The molecule has 0 aliphatic heterocycles. The molecule has 2 aromatic rings.